The van der Waals surface area contributed by atoms with Crippen LogP contribution >= 0.6 is 11.8 Å². The maximum absolute atomic E-state index is 4.62. The lowest BCUT2D eigenvalue weighted by molar-refractivity contribution is 0.516. The Labute approximate surface area is 115 Å². The molecule has 0 spiro atoms. The lowest BCUT2D eigenvalue weighted by Crippen LogP contribution is -2.20. The van der Waals surface area contributed by atoms with Gasteiger partial charge in [-0.25, -0.2) is 0 Å². The summed E-state index contributed by atoms with van der Waals surface area (Å²) in [7, 11) is 0. The molecule has 2 heterocycles. The van der Waals surface area contributed by atoms with Crippen LogP contribution in [0, 0.1) is 19.8 Å². The number of nitrogens with one attached hydrogen (secondary N) is 1. The monoisotopic (exact) mass is 267 g/mol. The molecule has 1 aliphatic rings. The maximum atomic E-state index is 4.62. The van der Waals surface area contributed by atoms with E-state index in [9.17, 15) is 0 Å². The second-order valence-electron chi connectivity index (χ2n) is 5.55. The molecule has 18 heavy (non-hydrogen) atoms. The molecule has 2 rings (SSSR count). The van der Waals surface area contributed by atoms with E-state index in [-0.39, 0.29) is 0 Å². The van der Waals surface area contributed by atoms with Crippen molar-refractivity contribution in [3.63, 3.8) is 0 Å². The number of rotatable bonds is 4. The molecular formula is C14H25N3S. The van der Waals surface area contributed by atoms with Crippen LogP contribution in [-0.2, 0) is 0 Å². The first kappa shape index (κ1) is 13.8. The molecule has 1 aromatic rings. The normalized spacial score (nSPS) is 20.4. The van der Waals surface area contributed by atoms with Crippen LogP contribution in [0.1, 0.15) is 44.1 Å². The van der Waals surface area contributed by atoms with Crippen LogP contribution < -0.4 is 5.32 Å². The van der Waals surface area contributed by atoms with Gasteiger partial charge in [0.25, 0.3) is 0 Å². The standard InChI is InChI=1S/C14H25N3S/c1-10(2)17-12(4)14(11(3)16-17)15-8-13-6-5-7-18-9-13/h10,13,15H,5-9H2,1-4H3. The van der Waals surface area contributed by atoms with Crippen molar-refractivity contribution in [2.75, 3.05) is 23.4 Å². The van der Waals surface area contributed by atoms with E-state index < -0.39 is 0 Å². The molecule has 3 nitrogen and oxygen atoms in total. The highest BCUT2D eigenvalue weighted by Gasteiger charge is 2.17. The van der Waals surface area contributed by atoms with Crippen molar-refractivity contribution in [2.45, 2.75) is 46.6 Å². The van der Waals surface area contributed by atoms with E-state index in [2.05, 4.69) is 54.6 Å². The quantitative estimate of drug-likeness (QED) is 0.903. The van der Waals surface area contributed by atoms with Crippen molar-refractivity contribution in [3.05, 3.63) is 11.4 Å². The zero-order valence-corrected chi connectivity index (χ0v) is 12.8. The maximum Gasteiger partial charge on any atom is 0.0828 e. The Balaban J connectivity index is 2.00. The lowest BCUT2D eigenvalue weighted by Gasteiger charge is -2.22. The van der Waals surface area contributed by atoms with E-state index in [1.54, 1.807) is 0 Å². The molecule has 0 aliphatic carbocycles. The van der Waals surface area contributed by atoms with Crippen molar-refractivity contribution >= 4 is 17.4 Å². The Bertz CT molecular complexity index is 392. The van der Waals surface area contributed by atoms with Crippen LogP contribution in [0.4, 0.5) is 5.69 Å². The van der Waals surface area contributed by atoms with Gasteiger partial charge in [0.2, 0.25) is 0 Å². The number of thioether (sulfide) groups is 1. The Morgan fingerprint density at radius 3 is 2.78 bits per heavy atom. The molecule has 4 heteroatoms. The number of aryl methyl sites for hydroxylation is 1. The summed E-state index contributed by atoms with van der Waals surface area (Å²) in [6.07, 6.45) is 2.75. The number of aromatic nitrogens is 2. The molecule has 102 valence electrons. The minimum atomic E-state index is 0.435. The van der Waals surface area contributed by atoms with Crippen LogP contribution in [0.15, 0.2) is 0 Å². The molecule has 0 amide bonds. The largest absolute Gasteiger partial charge is 0.382 e. The van der Waals surface area contributed by atoms with E-state index in [1.165, 1.54) is 35.7 Å². The minimum Gasteiger partial charge on any atom is -0.382 e. The Morgan fingerprint density at radius 1 is 1.44 bits per heavy atom. The fourth-order valence-corrected chi connectivity index (χ4v) is 3.79. The van der Waals surface area contributed by atoms with Gasteiger partial charge >= 0.3 is 0 Å². The first-order valence-electron chi connectivity index (χ1n) is 6.97. The highest BCUT2D eigenvalue weighted by Crippen LogP contribution is 2.26. The third-order valence-electron chi connectivity index (χ3n) is 3.64. The van der Waals surface area contributed by atoms with Crippen LogP contribution in [0.25, 0.3) is 0 Å². The smallest absolute Gasteiger partial charge is 0.0828 e. The van der Waals surface area contributed by atoms with Crippen molar-refractivity contribution < 1.29 is 0 Å². The van der Waals surface area contributed by atoms with Crippen LogP contribution in [-0.4, -0.2) is 27.8 Å². The van der Waals surface area contributed by atoms with Crippen LogP contribution in [0.3, 0.4) is 0 Å². The van der Waals surface area contributed by atoms with Crippen LogP contribution in [0.2, 0.25) is 0 Å². The Hall–Kier alpha value is -0.640. The molecule has 0 radical (unpaired) electrons. The fourth-order valence-electron chi connectivity index (χ4n) is 2.64. The van der Waals surface area contributed by atoms with E-state index in [1.807, 2.05) is 0 Å². The summed E-state index contributed by atoms with van der Waals surface area (Å²) in [4.78, 5) is 0. The summed E-state index contributed by atoms with van der Waals surface area (Å²) < 4.78 is 2.12. The third-order valence-corrected chi connectivity index (χ3v) is 4.92. The van der Waals surface area contributed by atoms with Gasteiger partial charge in [-0.15, -0.1) is 0 Å². The number of hydrogen-bond acceptors (Lipinski definition) is 3. The molecule has 1 saturated heterocycles. The second-order valence-corrected chi connectivity index (χ2v) is 6.70. The molecule has 0 bridgehead atoms. The number of hydrogen-bond donors (Lipinski definition) is 1. The first-order chi connectivity index (χ1) is 8.59. The molecule has 0 aromatic carbocycles. The van der Waals surface area contributed by atoms with Crippen molar-refractivity contribution in [3.8, 4) is 0 Å². The average molecular weight is 267 g/mol. The summed E-state index contributed by atoms with van der Waals surface area (Å²) in [6, 6.07) is 0.435. The van der Waals surface area contributed by atoms with E-state index in [0.717, 1.165) is 18.2 Å². The van der Waals surface area contributed by atoms with Crippen LogP contribution in [0.5, 0.6) is 0 Å². The molecular weight excluding hydrogens is 242 g/mol. The Morgan fingerprint density at radius 2 is 2.22 bits per heavy atom. The highest BCUT2D eigenvalue weighted by molar-refractivity contribution is 7.99. The van der Waals surface area contributed by atoms with E-state index in [4.69, 9.17) is 0 Å². The minimum absolute atomic E-state index is 0.435. The number of anilines is 1. The SMILES string of the molecule is Cc1nn(C(C)C)c(C)c1NCC1CCCSC1. The second kappa shape index (κ2) is 6.00. The predicted octanol–water partition coefficient (Wildman–Crippen LogP) is 3.64. The summed E-state index contributed by atoms with van der Waals surface area (Å²) in [5.41, 5.74) is 3.65. The molecule has 1 aliphatic heterocycles. The van der Waals surface area contributed by atoms with Gasteiger partial charge in [-0.3, -0.25) is 4.68 Å². The molecule has 1 fully saturated rings. The summed E-state index contributed by atoms with van der Waals surface area (Å²) in [6.45, 7) is 9.72. The fraction of sp³-hybridized carbons (Fsp3) is 0.786. The van der Waals surface area contributed by atoms with Crippen molar-refractivity contribution in [2.24, 2.45) is 5.92 Å². The van der Waals surface area contributed by atoms with E-state index >= 15 is 0 Å². The summed E-state index contributed by atoms with van der Waals surface area (Å²) in [5.74, 6) is 3.48. The third kappa shape index (κ3) is 3.02. The van der Waals surface area contributed by atoms with E-state index in [0.29, 0.717) is 6.04 Å². The van der Waals surface area contributed by atoms with Crippen molar-refractivity contribution in [1.29, 1.82) is 0 Å². The molecule has 0 saturated carbocycles. The van der Waals surface area contributed by atoms with Gasteiger partial charge in [0.05, 0.1) is 17.1 Å². The van der Waals surface area contributed by atoms with Gasteiger partial charge < -0.3 is 5.32 Å². The molecule has 1 N–H and O–H groups in total. The average Bonchev–Trinajstić information content (AvgIpc) is 2.64. The van der Waals surface area contributed by atoms with Gasteiger partial charge in [0, 0.05) is 12.6 Å². The number of nitrogens with zero attached hydrogens (tertiary/aromatic N) is 2. The molecule has 1 aromatic heterocycles. The predicted molar refractivity (Wildman–Crippen MR) is 80.6 cm³/mol. The summed E-state index contributed by atoms with van der Waals surface area (Å²) in [5, 5.41) is 8.25. The summed E-state index contributed by atoms with van der Waals surface area (Å²) >= 11 is 2.10. The zero-order chi connectivity index (χ0) is 13.1. The lowest BCUT2D eigenvalue weighted by atomic mass is 10.1. The van der Waals surface area contributed by atoms with Gasteiger partial charge in [0.1, 0.15) is 0 Å². The molecule has 1 atom stereocenters. The highest BCUT2D eigenvalue weighted by atomic mass is 32.2. The van der Waals surface area contributed by atoms with Gasteiger partial charge in [-0.1, -0.05) is 0 Å². The van der Waals surface area contributed by atoms with Gasteiger partial charge in [-0.2, -0.15) is 16.9 Å². The topological polar surface area (TPSA) is 29.9 Å². The van der Waals surface area contributed by atoms with Gasteiger partial charge in [0.15, 0.2) is 0 Å². The zero-order valence-electron chi connectivity index (χ0n) is 12.0. The van der Waals surface area contributed by atoms with Gasteiger partial charge in [-0.05, 0) is 58.0 Å². The first-order valence-corrected chi connectivity index (χ1v) is 8.12. The molecule has 1 unspecified atom stereocenters. The Kier molecular flexibility index (Phi) is 4.60. The van der Waals surface area contributed by atoms with Crippen molar-refractivity contribution in [1.82, 2.24) is 9.78 Å².